The van der Waals surface area contributed by atoms with Crippen molar-refractivity contribution in [3.63, 3.8) is 0 Å². The summed E-state index contributed by atoms with van der Waals surface area (Å²) in [6, 6.07) is 9.74. The summed E-state index contributed by atoms with van der Waals surface area (Å²) in [5, 5.41) is 13.7. The monoisotopic (exact) mass is 406 g/mol. The topological polar surface area (TPSA) is 95.2 Å². The van der Waals surface area contributed by atoms with Gasteiger partial charge in [0.2, 0.25) is 5.88 Å². The standard InChI is InChI=1S/C20H18N6O2S/c27-20-15(23-11-1-3-14-17(7-11)29-10-21-14)5-6-26(20)18-4-2-12-13-8-22-25-16(13)9-28-19(12)24-18/h1-4,7-8,15,21,23H,5-6,9-10H2,(H,22,25). The molecule has 0 spiro atoms. The molecule has 2 aromatic heterocycles. The fourth-order valence-corrected chi connectivity index (χ4v) is 4.89. The van der Waals surface area contributed by atoms with E-state index in [-0.39, 0.29) is 11.9 Å². The fourth-order valence-electron chi connectivity index (χ4n) is 4.00. The minimum Gasteiger partial charge on any atom is -0.471 e. The molecule has 0 aliphatic carbocycles. The molecule has 1 aromatic carbocycles. The summed E-state index contributed by atoms with van der Waals surface area (Å²) in [7, 11) is 0. The van der Waals surface area contributed by atoms with Crippen molar-refractivity contribution < 1.29 is 9.53 Å². The zero-order valence-corrected chi connectivity index (χ0v) is 16.3. The van der Waals surface area contributed by atoms with Crippen molar-refractivity contribution in [3.05, 3.63) is 42.2 Å². The first-order valence-corrected chi connectivity index (χ1v) is 10.5. The van der Waals surface area contributed by atoms with E-state index in [1.54, 1.807) is 22.9 Å². The molecule has 146 valence electrons. The van der Waals surface area contributed by atoms with Crippen molar-refractivity contribution in [2.75, 3.05) is 28.0 Å². The van der Waals surface area contributed by atoms with Crippen LogP contribution in [0.25, 0.3) is 11.1 Å². The summed E-state index contributed by atoms with van der Waals surface area (Å²) in [5.74, 6) is 2.09. The van der Waals surface area contributed by atoms with Gasteiger partial charge in [-0.25, -0.2) is 0 Å². The Hall–Kier alpha value is -3.20. The number of benzene rings is 1. The SMILES string of the molecule is O=C1C(Nc2ccc3c(c2)SCN3)CCN1c1ccc2c(n1)OCc1[nH]ncc1-2. The van der Waals surface area contributed by atoms with E-state index in [4.69, 9.17) is 4.74 Å². The molecule has 6 rings (SSSR count). The molecular formula is C20H18N6O2S. The highest BCUT2D eigenvalue weighted by Crippen LogP contribution is 2.38. The van der Waals surface area contributed by atoms with Crippen molar-refractivity contribution >= 4 is 34.9 Å². The first-order chi connectivity index (χ1) is 14.3. The maximum absolute atomic E-state index is 13.0. The molecule has 9 heteroatoms. The van der Waals surface area contributed by atoms with E-state index in [1.165, 1.54) is 4.90 Å². The van der Waals surface area contributed by atoms with Gasteiger partial charge >= 0.3 is 0 Å². The van der Waals surface area contributed by atoms with Gasteiger partial charge in [-0.15, -0.1) is 11.8 Å². The number of pyridine rings is 1. The molecule has 1 saturated heterocycles. The van der Waals surface area contributed by atoms with Gasteiger partial charge in [0.05, 0.1) is 17.8 Å². The number of rotatable bonds is 3. The molecular weight excluding hydrogens is 388 g/mol. The number of fused-ring (bicyclic) bond motifs is 4. The van der Waals surface area contributed by atoms with Gasteiger partial charge in [-0.3, -0.25) is 14.8 Å². The third kappa shape index (κ3) is 2.72. The predicted octanol–water partition coefficient (Wildman–Crippen LogP) is 3.06. The van der Waals surface area contributed by atoms with Crippen LogP contribution in [-0.4, -0.2) is 39.6 Å². The number of ether oxygens (including phenoxy) is 1. The molecule has 5 heterocycles. The van der Waals surface area contributed by atoms with Gasteiger partial charge in [-0.05, 0) is 36.8 Å². The fraction of sp³-hybridized carbons (Fsp3) is 0.250. The third-order valence-electron chi connectivity index (χ3n) is 5.50. The second-order valence-electron chi connectivity index (χ2n) is 7.22. The largest absolute Gasteiger partial charge is 0.471 e. The Bertz CT molecular complexity index is 1130. The van der Waals surface area contributed by atoms with E-state index in [2.05, 4.69) is 37.9 Å². The number of carbonyl (C=O) groups is 1. The molecule has 3 aliphatic heterocycles. The number of thioether (sulfide) groups is 1. The van der Waals surface area contributed by atoms with Crippen LogP contribution in [0.4, 0.5) is 17.2 Å². The van der Waals surface area contributed by atoms with E-state index in [1.807, 2.05) is 18.2 Å². The Morgan fingerprint density at radius 2 is 2.21 bits per heavy atom. The molecule has 0 bridgehead atoms. The zero-order chi connectivity index (χ0) is 19.4. The van der Waals surface area contributed by atoms with Crippen LogP contribution in [-0.2, 0) is 11.4 Å². The molecule has 1 amide bonds. The smallest absolute Gasteiger partial charge is 0.250 e. The molecule has 1 atom stereocenters. The number of nitrogens with zero attached hydrogens (tertiary/aromatic N) is 3. The number of nitrogens with one attached hydrogen (secondary N) is 3. The van der Waals surface area contributed by atoms with Crippen LogP contribution >= 0.6 is 11.8 Å². The Balaban J connectivity index is 1.22. The summed E-state index contributed by atoms with van der Waals surface area (Å²) >= 11 is 1.77. The quantitative estimate of drug-likeness (QED) is 0.615. The summed E-state index contributed by atoms with van der Waals surface area (Å²) in [4.78, 5) is 20.6. The normalized spacial score (nSPS) is 19.2. The van der Waals surface area contributed by atoms with Crippen LogP contribution in [0.3, 0.4) is 0 Å². The minimum atomic E-state index is -0.258. The molecule has 0 saturated carbocycles. The number of hydrogen-bond donors (Lipinski definition) is 3. The van der Waals surface area contributed by atoms with Crippen LogP contribution in [0.15, 0.2) is 41.4 Å². The van der Waals surface area contributed by atoms with Gasteiger partial charge < -0.3 is 15.4 Å². The molecule has 8 nitrogen and oxygen atoms in total. The maximum atomic E-state index is 13.0. The van der Waals surface area contributed by atoms with E-state index in [0.717, 1.165) is 40.5 Å². The van der Waals surface area contributed by atoms with Gasteiger partial charge in [0, 0.05) is 33.9 Å². The van der Waals surface area contributed by atoms with Gasteiger partial charge in [0.25, 0.3) is 5.91 Å². The summed E-state index contributed by atoms with van der Waals surface area (Å²) < 4.78 is 5.76. The molecule has 3 aliphatic rings. The van der Waals surface area contributed by atoms with Crippen LogP contribution in [0.5, 0.6) is 5.88 Å². The molecule has 3 aromatic rings. The Labute approximate surface area is 171 Å². The number of anilines is 3. The Kier molecular flexibility index (Phi) is 3.70. The lowest BCUT2D eigenvalue weighted by Crippen LogP contribution is -2.34. The van der Waals surface area contributed by atoms with Gasteiger partial charge in [0.15, 0.2) is 0 Å². The van der Waals surface area contributed by atoms with E-state index >= 15 is 0 Å². The van der Waals surface area contributed by atoms with Crippen LogP contribution in [0, 0.1) is 0 Å². The molecule has 29 heavy (non-hydrogen) atoms. The zero-order valence-electron chi connectivity index (χ0n) is 15.4. The van der Waals surface area contributed by atoms with Crippen molar-refractivity contribution in [3.8, 4) is 17.0 Å². The number of amides is 1. The lowest BCUT2D eigenvalue weighted by Gasteiger charge is -2.21. The highest BCUT2D eigenvalue weighted by Gasteiger charge is 2.34. The van der Waals surface area contributed by atoms with Crippen LogP contribution in [0.1, 0.15) is 12.1 Å². The van der Waals surface area contributed by atoms with Crippen molar-refractivity contribution in [2.24, 2.45) is 0 Å². The highest BCUT2D eigenvalue weighted by molar-refractivity contribution is 7.99. The highest BCUT2D eigenvalue weighted by atomic mass is 32.2. The third-order valence-corrected chi connectivity index (χ3v) is 6.44. The van der Waals surface area contributed by atoms with Crippen molar-refractivity contribution in [1.29, 1.82) is 0 Å². The van der Waals surface area contributed by atoms with Gasteiger partial charge in [-0.2, -0.15) is 10.1 Å². The van der Waals surface area contributed by atoms with E-state index in [0.29, 0.717) is 24.8 Å². The van der Waals surface area contributed by atoms with Crippen molar-refractivity contribution in [2.45, 2.75) is 24.0 Å². The molecule has 3 N–H and O–H groups in total. The molecule has 0 radical (unpaired) electrons. The second kappa shape index (κ2) is 6.41. The van der Waals surface area contributed by atoms with E-state index in [9.17, 15) is 4.79 Å². The second-order valence-corrected chi connectivity index (χ2v) is 8.24. The summed E-state index contributed by atoms with van der Waals surface area (Å²) in [6.45, 7) is 1.03. The average molecular weight is 406 g/mol. The average Bonchev–Trinajstić information content (AvgIpc) is 3.48. The number of aromatic nitrogens is 3. The minimum absolute atomic E-state index is 0.0311. The van der Waals surface area contributed by atoms with Gasteiger partial charge in [-0.1, -0.05) is 0 Å². The lowest BCUT2D eigenvalue weighted by atomic mass is 10.1. The van der Waals surface area contributed by atoms with Crippen LogP contribution < -0.4 is 20.3 Å². The summed E-state index contributed by atoms with van der Waals surface area (Å²) in [5.41, 5.74) is 4.96. The number of aromatic amines is 1. The number of H-pyrrole nitrogens is 1. The molecule has 1 unspecified atom stereocenters. The van der Waals surface area contributed by atoms with Gasteiger partial charge in [0.1, 0.15) is 18.5 Å². The molecule has 1 fully saturated rings. The van der Waals surface area contributed by atoms with Crippen molar-refractivity contribution in [1.82, 2.24) is 15.2 Å². The number of carbonyl (C=O) groups excluding carboxylic acids is 1. The number of hydrogen-bond acceptors (Lipinski definition) is 7. The predicted molar refractivity (Wildman–Crippen MR) is 111 cm³/mol. The van der Waals surface area contributed by atoms with Crippen LogP contribution in [0.2, 0.25) is 0 Å². The Morgan fingerprint density at radius 1 is 1.24 bits per heavy atom. The first-order valence-electron chi connectivity index (χ1n) is 9.51. The lowest BCUT2D eigenvalue weighted by molar-refractivity contribution is -0.117. The maximum Gasteiger partial charge on any atom is 0.250 e. The first kappa shape index (κ1) is 16.7. The summed E-state index contributed by atoms with van der Waals surface area (Å²) in [6.07, 6.45) is 2.51. The Morgan fingerprint density at radius 3 is 3.17 bits per heavy atom. The van der Waals surface area contributed by atoms with E-state index < -0.39 is 0 Å².